The number of carbonyl (C=O) groups is 3. The molecule has 7 nitrogen and oxygen atoms in total. The van der Waals surface area contributed by atoms with Crippen LogP contribution in [-0.4, -0.2) is 35.7 Å². The third-order valence-corrected chi connectivity index (χ3v) is 4.49. The summed E-state index contributed by atoms with van der Waals surface area (Å²) >= 11 is 0. The van der Waals surface area contributed by atoms with Gasteiger partial charge in [-0.1, -0.05) is 36.8 Å². The second kappa shape index (κ2) is 10.4. The minimum Gasteiger partial charge on any atom is -0.480 e. The van der Waals surface area contributed by atoms with Gasteiger partial charge < -0.3 is 20.5 Å². The maximum atomic E-state index is 11.9. The van der Waals surface area contributed by atoms with E-state index in [1.54, 1.807) is 0 Å². The molecular formula is C19H26N2O5. The Morgan fingerprint density at radius 2 is 1.88 bits per heavy atom. The Morgan fingerprint density at radius 3 is 2.50 bits per heavy atom. The number of carbonyl (C=O) groups excluding carboxylic acids is 2. The first-order valence-corrected chi connectivity index (χ1v) is 9.04. The van der Waals surface area contributed by atoms with Gasteiger partial charge in [-0.25, -0.2) is 9.59 Å². The molecule has 0 unspecified atom stereocenters. The summed E-state index contributed by atoms with van der Waals surface area (Å²) in [5.74, 6) is -1.21. The summed E-state index contributed by atoms with van der Waals surface area (Å²) in [5.41, 5.74) is 0.911. The molecule has 0 radical (unpaired) electrons. The summed E-state index contributed by atoms with van der Waals surface area (Å²) in [6, 6.07) is 8.52. The average molecular weight is 362 g/mol. The Kier molecular flexibility index (Phi) is 7.92. The summed E-state index contributed by atoms with van der Waals surface area (Å²) < 4.78 is 5.09. The summed E-state index contributed by atoms with van der Waals surface area (Å²) in [5, 5.41) is 14.5. The fourth-order valence-corrected chi connectivity index (χ4v) is 2.66. The van der Waals surface area contributed by atoms with E-state index < -0.39 is 18.1 Å². The lowest BCUT2D eigenvalue weighted by molar-refractivity contribution is -0.143. The third kappa shape index (κ3) is 6.74. The standard InChI is InChI=1S/C19H26N2O5/c22-17(15-9-6-10-15)21-16(18(23)24)11-4-5-12-20-19(25)26-13-14-7-2-1-3-8-14/h1-3,7-8,15-16H,4-6,9-13H2,(H,20,25)(H,21,22)(H,23,24)/t16-/m0/s1. The minimum absolute atomic E-state index is 0.0297. The number of ether oxygens (including phenoxy) is 1. The van der Waals surface area contributed by atoms with Crippen LogP contribution in [0.1, 0.15) is 44.1 Å². The average Bonchev–Trinajstić information content (AvgIpc) is 2.57. The van der Waals surface area contributed by atoms with E-state index in [1.807, 2.05) is 30.3 Å². The van der Waals surface area contributed by atoms with Crippen molar-refractivity contribution in [2.45, 2.75) is 51.2 Å². The summed E-state index contributed by atoms with van der Waals surface area (Å²) in [6.07, 6.45) is 3.75. The summed E-state index contributed by atoms with van der Waals surface area (Å²) in [4.78, 5) is 34.7. The first-order valence-electron chi connectivity index (χ1n) is 9.04. The molecule has 1 aliphatic rings. The molecule has 3 N–H and O–H groups in total. The van der Waals surface area contributed by atoms with Crippen LogP contribution >= 0.6 is 0 Å². The Hall–Kier alpha value is -2.57. The topological polar surface area (TPSA) is 105 Å². The van der Waals surface area contributed by atoms with Crippen molar-refractivity contribution < 1.29 is 24.2 Å². The number of carboxylic acid groups (broad SMARTS) is 1. The van der Waals surface area contributed by atoms with Crippen molar-refractivity contribution in [1.29, 1.82) is 0 Å². The molecule has 0 aromatic heterocycles. The molecule has 1 fully saturated rings. The lowest BCUT2D eigenvalue weighted by Crippen LogP contribution is -2.45. The highest BCUT2D eigenvalue weighted by molar-refractivity contribution is 5.85. The van der Waals surface area contributed by atoms with Crippen molar-refractivity contribution >= 4 is 18.0 Å². The molecular weight excluding hydrogens is 336 g/mol. The number of alkyl carbamates (subject to hydrolysis) is 1. The van der Waals surface area contributed by atoms with E-state index in [4.69, 9.17) is 4.74 Å². The van der Waals surface area contributed by atoms with Crippen LogP contribution in [0, 0.1) is 5.92 Å². The van der Waals surface area contributed by atoms with Crippen LogP contribution in [0.3, 0.4) is 0 Å². The molecule has 0 spiro atoms. The number of carboxylic acids is 1. The van der Waals surface area contributed by atoms with Gasteiger partial charge in [-0.2, -0.15) is 0 Å². The molecule has 1 aliphatic carbocycles. The zero-order valence-corrected chi connectivity index (χ0v) is 14.8. The van der Waals surface area contributed by atoms with Gasteiger partial charge in [0.1, 0.15) is 12.6 Å². The molecule has 26 heavy (non-hydrogen) atoms. The number of unbranched alkanes of at least 4 members (excludes halogenated alkanes) is 1. The number of rotatable bonds is 10. The van der Waals surface area contributed by atoms with E-state index in [0.29, 0.717) is 25.8 Å². The van der Waals surface area contributed by atoms with Crippen LogP contribution in [0.2, 0.25) is 0 Å². The van der Waals surface area contributed by atoms with Crippen molar-refractivity contribution in [3.8, 4) is 0 Å². The van der Waals surface area contributed by atoms with Crippen LogP contribution in [0.4, 0.5) is 4.79 Å². The number of nitrogens with one attached hydrogen (secondary N) is 2. The minimum atomic E-state index is -1.02. The summed E-state index contributed by atoms with van der Waals surface area (Å²) in [7, 11) is 0. The van der Waals surface area contributed by atoms with E-state index in [2.05, 4.69) is 10.6 Å². The van der Waals surface area contributed by atoms with Crippen molar-refractivity contribution in [3.63, 3.8) is 0 Å². The molecule has 1 aromatic carbocycles. The van der Waals surface area contributed by atoms with Crippen molar-refractivity contribution in [3.05, 3.63) is 35.9 Å². The fourth-order valence-electron chi connectivity index (χ4n) is 2.66. The Balaban J connectivity index is 1.56. The molecule has 0 aliphatic heterocycles. The SMILES string of the molecule is O=C(NCCCC[C@H](NC(=O)C1CCC1)C(=O)O)OCc1ccccc1. The van der Waals surface area contributed by atoms with E-state index in [1.165, 1.54) is 0 Å². The molecule has 142 valence electrons. The Labute approximate surface area is 153 Å². The van der Waals surface area contributed by atoms with Crippen LogP contribution in [-0.2, 0) is 20.9 Å². The predicted octanol–water partition coefficient (Wildman–Crippen LogP) is 2.45. The van der Waals surface area contributed by atoms with Gasteiger partial charge in [0.2, 0.25) is 5.91 Å². The number of amides is 2. The predicted molar refractivity (Wildman–Crippen MR) is 95.4 cm³/mol. The molecule has 2 amide bonds. The third-order valence-electron chi connectivity index (χ3n) is 4.49. The van der Waals surface area contributed by atoms with Crippen molar-refractivity contribution in [2.24, 2.45) is 5.92 Å². The molecule has 0 saturated heterocycles. The monoisotopic (exact) mass is 362 g/mol. The molecule has 1 aromatic rings. The van der Waals surface area contributed by atoms with Gasteiger partial charge in [0, 0.05) is 12.5 Å². The maximum absolute atomic E-state index is 11.9. The number of aliphatic carboxylic acids is 1. The van der Waals surface area contributed by atoms with Gasteiger partial charge in [0.05, 0.1) is 0 Å². The van der Waals surface area contributed by atoms with Crippen molar-refractivity contribution in [2.75, 3.05) is 6.54 Å². The largest absolute Gasteiger partial charge is 0.480 e. The quantitative estimate of drug-likeness (QED) is 0.555. The summed E-state index contributed by atoms with van der Waals surface area (Å²) in [6.45, 7) is 0.609. The van der Waals surface area contributed by atoms with Gasteiger partial charge >= 0.3 is 12.1 Å². The number of benzene rings is 1. The highest BCUT2D eigenvalue weighted by atomic mass is 16.5. The lowest BCUT2D eigenvalue weighted by atomic mass is 9.84. The highest BCUT2D eigenvalue weighted by Gasteiger charge is 2.28. The zero-order valence-electron chi connectivity index (χ0n) is 14.8. The first-order chi connectivity index (χ1) is 12.6. The van der Waals surface area contributed by atoms with Crippen LogP contribution < -0.4 is 10.6 Å². The molecule has 1 atom stereocenters. The van der Waals surface area contributed by atoms with E-state index >= 15 is 0 Å². The molecule has 1 saturated carbocycles. The first kappa shape index (κ1) is 19.8. The van der Waals surface area contributed by atoms with Crippen LogP contribution in [0.5, 0.6) is 0 Å². The maximum Gasteiger partial charge on any atom is 0.407 e. The second-order valence-corrected chi connectivity index (χ2v) is 6.51. The highest BCUT2D eigenvalue weighted by Crippen LogP contribution is 2.26. The van der Waals surface area contributed by atoms with E-state index in [9.17, 15) is 19.5 Å². The fraction of sp³-hybridized carbons (Fsp3) is 0.526. The van der Waals surface area contributed by atoms with Gasteiger partial charge in [-0.3, -0.25) is 4.79 Å². The number of hydrogen-bond donors (Lipinski definition) is 3. The second-order valence-electron chi connectivity index (χ2n) is 6.51. The smallest absolute Gasteiger partial charge is 0.407 e. The molecule has 2 rings (SSSR count). The van der Waals surface area contributed by atoms with E-state index in [-0.39, 0.29) is 18.4 Å². The molecule has 0 bridgehead atoms. The Bertz CT molecular complexity index is 601. The lowest BCUT2D eigenvalue weighted by Gasteiger charge is -2.26. The van der Waals surface area contributed by atoms with Gasteiger partial charge in [0.15, 0.2) is 0 Å². The normalized spacial score (nSPS) is 14.8. The van der Waals surface area contributed by atoms with Gasteiger partial charge in [0.25, 0.3) is 0 Å². The van der Waals surface area contributed by atoms with Crippen LogP contribution in [0.25, 0.3) is 0 Å². The Morgan fingerprint density at radius 1 is 1.15 bits per heavy atom. The molecule has 7 heteroatoms. The van der Waals surface area contributed by atoms with Gasteiger partial charge in [-0.15, -0.1) is 0 Å². The zero-order chi connectivity index (χ0) is 18.8. The van der Waals surface area contributed by atoms with Crippen LogP contribution in [0.15, 0.2) is 30.3 Å². The van der Waals surface area contributed by atoms with Crippen molar-refractivity contribution in [1.82, 2.24) is 10.6 Å². The number of hydrogen-bond acceptors (Lipinski definition) is 4. The molecule has 0 heterocycles. The van der Waals surface area contributed by atoms with Gasteiger partial charge in [-0.05, 0) is 37.7 Å². The van der Waals surface area contributed by atoms with E-state index in [0.717, 1.165) is 24.8 Å².